The molecule has 0 aliphatic heterocycles. The average Bonchev–Trinajstić information content (AvgIpc) is 2.76. The van der Waals surface area contributed by atoms with Crippen molar-refractivity contribution < 1.29 is 18.0 Å². The average molecular weight is 454 g/mol. The summed E-state index contributed by atoms with van der Waals surface area (Å²) >= 11 is 0. The van der Waals surface area contributed by atoms with Crippen molar-refractivity contribution in [2.75, 3.05) is 22.4 Å². The van der Waals surface area contributed by atoms with Gasteiger partial charge in [-0.15, -0.1) is 0 Å². The van der Waals surface area contributed by atoms with Crippen LogP contribution in [-0.2, 0) is 14.8 Å². The van der Waals surface area contributed by atoms with E-state index < -0.39 is 22.5 Å². The van der Waals surface area contributed by atoms with E-state index >= 15 is 0 Å². The van der Waals surface area contributed by atoms with Crippen molar-refractivity contribution in [1.29, 1.82) is 0 Å². The van der Waals surface area contributed by atoms with Crippen molar-refractivity contribution in [3.63, 3.8) is 0 Å². The fraction of sp³-hybridized carbons (Fsp3) is 0.250. The summed E-state index contributed by atoms with van der Waals surface area (Å²) < 4.78 is 26.2. The van der Waals surface area contributed by atoms with Gasteiger partial charge >= 0.3 is 0 Å². The van der Waals surface area contributed by atoms with Crippen molar-refractivity contribution in [2.45, 2.75) is 26.3 Å². The van der Waals surface area contributed by atoms with E-state index in [-0.39, 0.29) is 11.9 Å². The highest BCUT2D eigenvalue weighted by molar-refractivity contribution is 7.92. The third-order valence-corrected chi connectivity index (χ3v) is 6.28. The third kappa shape index (κ3) is 5.45. The van der Waals surface area contributed by atoms with Crippen molar-refractivity contribution in [3.8, 4) is 0 Å². The standard InChI is InChI=1S/C24H27N3O4S/c1-4-17(2)25-24(29)20-13-7-8-14-21(20)26-23(28)16-27(32(3,30)31)22-15-9-11-18-10-5-6-12-19(18)22/h5-15,17H,4,16H2,1-3H3,(H,25,29)(H,26,28)/t17-/m0/s1. The Labute approximate surface area is 188 Å². The first-order valence-electron chi connectivity index (χ1n) is 10.4. The van der Waals surface area contributed by atoms with Crippen LogP contribution in [0.1, 0.15) is 30.6 Å². The van der Waals surface area contributed by atoms with Crippen molar-refractivity contribution in [1.82, 2.24) is 5.32 Å². The van der Waals surface area contributed by atoms with E-state index in [0.29, 0.717) is 16.9 Å². The zero-order valence-corrected chi connectivity index (χ0v) is 19.1. The van der Waals surface area contributed by atoms with E-state index in [9.17, 15) is 18.0 Å². The number of anilines is 2. The summed E-state index contributed by atoms with van der Waals surface area (Å²) in [6.07, 6.45) is 1.84. The zero-order chi connectivity index (χ0) is 23.3. The number of carbonyl (C=O) groups excluding carboxylic acids is 2. The molecule has 0 saturated carbocycles. The van der Waals surface area contributed by atoms with E-state index in [4.69, 9.17) is 0 Å². The SMILES string of the molecule is CC[C@H](C)NC(=O)c1ccccc1NC(=O)CN(c1cccc2ccccc12)S(C)(=O)=O. The largest absolute Gasteiger partial charge is 0.350 e. The highest BCUT2D eigenvalue weighted by atomic mass is 32.2. The minimum Gasteiger partial charge on any atom is -0.350 e. The molecule has 0 spiro atoms. The summed E-state index contributed by atoms with van der Waals surface area (Å²) in [5.41, 5.74) is 1.06. The predicted octanol–water partition coefficient (Wildman–Crippen LogP) is 3.77. The molecule has 3 aromatic rings. The van der Waals surface area contributed by atoms with E-state index in [1.54, 1.807) is 36.4 Å². The van der Waals surface area contributed by atoms with Gasteiger partial charge in [-0.1, -0.05) is 55.5 Å². The molecule has 1 atom stereocenters. The lowest BCUT2D eigenvalue weighted by atomic mass is 10.1. The number of benzene rings is 3. The maximum atomic E-state index is 12.9. The lowest BCUT2D eigenvalue weighted by Gasteiger charge is -2.23. The Hall–Kier alpha value is -3.39. The molecule has 0 aliphatic carbocycles. The number of hydrogen-bond acceptors (Lipinski definition) is 4. The first kappa shape index (κ1) is 23.3. The molecular weight excluding hydrogens is 426 g/mol. The van der Waals surface area contributed by atoms with Gasteiger partial charge in [-0.3, -0.25) is 13.9 Å². The third-order valence-electron chi connectivity index (χ3n) is 5.16. The summed E-state index contributed by atoms with van der Waals surface area (Å²) in [6.45, 7) is 3.44. The molecule has 32 heavy (non-hydrogen) atoms. The van der Waals surface area contributed by atoms with Gasteiger partial charge < -0.3 is 10.6 Å². The van der Waals surface area contributed by atoms with Gasteiger partial charge in [0.15, 0.2) is 0 Å². The topological polar surface area (TPSA) is 95.6 Å². The van der Waals surface area contributed by atoms with Gasteiger partial charge in [0, 0.05) is 11.4 Å². The number of para-hydroxylation sites is 1. The van der Waals surface area contributed by atoms with Gasteiger partial charge in [-0.25, -0.2) is 8.42 Å². The lowest BCUT2D eigenvalue weighted by Crippen LogP contribution is -2.38. The number of nitrogens with zero attached hydrogens (tertiary/aromatic N) is 1. The predicted molar refractivity (Wildman–Crippen MR) is 128 cm³/mol. The van der Waals surface area contributed by atoms with E-state index in [2.05, 4.69) is 10.6 Å². The van der Waals surface area contributed by atoms with Crippen LogP contribution in [0, 0.1) is 0 Å². The monoisotopic (exact) mass is 453 g/mol. The highest BCUT2D eigenvalue weighted by Gasteiger charge is 2.23. The van der Waals surface area contributed by atoms with Crippen molar-refractivity contribution >= 4 is 44.0 Å². The summed E-state index contributed by atoms with van der Waals surface area (Å²) in [6, 6.07) is 19.3. The lowest BCUT2D eigenvalue weighted by molar-refractivity contribution is -0.114. The first-order valence-corrected chi connectivity index (χ1v) is 12.2. The normalized spacial score (nSPS) is 12.2. The number of nitrogens with one attached hydrogen (secondary N) is 2. The molecule has 0 aromatic heterocycles. The fourth-order valence-electron chi connectivity index (χ4n) is 3.32. The molecule has 8 heteroatoms. The van der Waals surface area contributed by atoms with Crippen LogP contribution in [0.3, 0.4) is 0 Å². The highest BCUT2D eigenvalue weighted by Crippen LogP contribution is 2.28. The molecule has 3 aromatic carbocycles. The second-order valence-corrected chi connectivity index (χ2v) is 9.55. The van der Waals surface area contributed by atoms with Gasteiger partial charge in [0.2, 0.25) is 15.9 Å². The van der Waals surface area contributed by atoms with Gasteiger partial charge in [-0.05, 0) is 36.9 Å². The van der Waals surface area contributed by atoms with Gasteiger partial charge in [-0.2, -0.15) is 0 Å². The second kappa shape index (κ2) is 9.82. The number of rotatable bonds is 8. The molecule has 7 nitrogen and oxygen atoms in total. The number of amides is 2. The van der Waals surface area contributed by atoms with E-state index in [1.807, 2.05) is 44.2 Å². The van der Waals surface area contributed by atoms with Crippen LogP contribution in [0.15, 0.2) is 66.7 Å². The molecule has 3 rings (SSSR count). The van der Waals surface area contributed by atoms with Crippen LogP contribution in [0.25, 0.3) is 10.8 Å². The van der Waals surface area contributed by atoms with Gasteiger partial charge in [0.25, 0.3) is 5.91 Å². The van der Waals surface area contributed by atoms with E-state index in [1.165, 1.54) is 0 Å². The van der Waals surface area contributed by atoms with Crippen LogP contribution in [0.5, 0.6) is 0 Å². The Bertz CT molecular complexity index is 1240. The summed E-state index contributed by atoms with van der Waals surface area (Å²) in [5.74, 6) is -0.851. The molecule has 2 amide bonds. The van der Waals surface area contributed by atoms with Crippen molar-refractivity contribution in [3.05, 3.63) is 72.3 Å². The summed E-state index contributed by atoms with van der Waals surface area (Å²) in [7, 11) is -3.75. The maximum Gasteiger partial charge on any atom is 0.253 e. The Balaban J connectivity index is 1.88. The first-order chi connectivity index (χ1) is 15.2. The van der Waals surface area contributed by atoms with Gasteiger partial charge in [0.1, 0.15) is 6.54 Å². The smallest absolute Gasteiger partial charge is 0.253 e. The Kier molecular flexibility index (Phi) is 7.15. The molecular formula is C24H27N3O4S. The van der Waals surface area contributed by atoms with Crippen LogP contribution in [-0.4, -0.2) is 39.1 Å². The summed E-state index contributed by atoms with van der Waals surface area (Å²) in [4.78, 5) is 25.5. The minimum atomic E-state index is -3.75. The van der Waals surface area contributed by atoms with E-state index in [0.717, 1.165) is 27.8 Å². The summed E-state index contributed by atoms with van der Waals surface area (Å²) in [5, 5.41) is 7.16. The van der Waals surface area contributed by atoms with Crippen LogP contribution >= 0.6 is 0 Å². The molecule has 0 radical (unpaired) electrons. The molecule has 0 aliphatic rings. The maximum absolute atomic E-state index is 12.9. The molecule has 0 heterocycles. The quantitative estimate of drug-likeness (QED) is 0.543. The number of fused-ring (bicyclic) bond motifs is 1. The number of sulfonamides is 1. The molecule has 0 unspecified atom stereocenters. The van der Waals surface area contributed by atoms with Crippen LogP contribution < -0.4 is 14.9 Å². The molecule has 2 N–H and O–H groups in total. The Morgan fingerprint density at radius 2 is 1.62 bits per heavy atom. The number of hydrogen-bond donors (Lipinski definition) is 2. The van der Waals surface area contributed by atoms with Crippen molar-refractivity contribution in [2.24, 2.45) is 0 Å². The molecule has 0 saturated heterocycles. The number of carbonyl (C=O) groups is 2. The van der Waals surface area contributed by atoms with Gasteiger partial charge in [0.05, 0.1) is 23.2 Å². The molecule has 0 fully saturated rings. The Morgan fingerprint density at radius 1 is 0.969 bits per heavy atom. The molecule has 0 bridgehead atoms. The van der Waals surface area contributed by atoms with Crippen LogP contribution in [0.2, 0.25) is 0 Å². The minimum absolute atomic E-state index is 0.0154. The second-order valence-electron chi connectivity index (χ2n) is 7.64. The van der Waals surface area contributed by atoms with Crippen LogP contribution in [0.4, 0.5) is 11.4 Å². The fourth-order valence-corrected chi connectivity index (χ4v) is 4.19. The molecule has 168 valence electrons. The Morgan fingerprint density at radius 3 is 2.34 bits per heavy atom. The zero-order valence-electron chi connectivity index (χ0n) is 18.3.